The average molecular weight is 262 g/mol. The van der Waals surface area contributed by atoms with Gasteiger partial charge in [0.25, 0.3) is 0 Å². The van der Waals surface area contributed by atoms with Gasteiger partial charge in [0.15, 0.2) is 10.8 Å². The molecule has 1 N–H and O–H groups in total. The van der Waals surface area contributed by atoms with Crippen LogP contribution in [0.1, 0.15) is 5.82 Å². The van der Waals surface area contributed by atoms with E-state index in [0.717, 1.165) is 5.82 Å². The number of phenols is 1. The van der Waals surface area contributed by atoms with Crippen molar-refractivity contribution in [3.8, 4) is 22.1 Å². The fraction of sp³-hybridized carbons (Fsp3) is 0.182. The molecule has 0 amide bonds. The van der Waals surface area contributed by atoms with E-state index in [4.69, 9.17) is 4.74 Å². The molecule has 3 rings (SSSR count). The highest BCUT2D eigenvalue weighted by Crippen LogP contribution is 2.34. The van der Waals surface area contributed by atoms with Crippen LogP contribution in [0.5, 0.6) is 11.5 Å². The first-order valence-electron chi connectivity index (χ1n) is 5.25. The number of hydrogen-bond donors (Lipinski definition) is 1. The van der Waals surface area contributed by atoms with Gasteiger partial charge >= 0.3 is 0 Å². The summed E-state index contributed by atoms with van der Waals surface area (Å²) in [5, 5.41) is 22.9. The normalized spacial score (nSPS) is 11.0. The molecule has 7 heteroatoms. The maximum absolute atomic E-state index is 9.95. The molecule has 2 heterocycles. The Morgan fingerprint density at radius 2 is 2.17 bits per heavy atom. The average Bonchev–Trinajstić information content (AvgIpc) is 2.92. The summed E-state index contributed by atoms with van der Waals surface area (Å²) in [6.45, 7) is 1.83. The first-order valence-corrected chi connectivity index (χ1v) is 6.07. The number of benzene rings is 1. The van der Waals surface area contributed by atoms with Crippen LogP contribution in [0.25, 0.3) is 15.5 Å². The van der Waals surface area contributed by atoms with E-state index in [1.54, 1.807) is 29.8 Å². The van der Waals surface area contributed by atoms with E-state index in [2.05, 4.69) is 15.3 Å². The number of phenolic OH excluding ortho intramolecular Hbond substituents is 1. The number of aromatic nitrogens is 4. The van der Waals surface area contributed by atoms with Crippen LogP contribution in [0.4, 0.5) is 0 Å². The maximum Gasteiger partial charge on any atom is 0.234 e. The molecule has 0 fully saturated rings. The lowest BCUT2D eigenvalue weighted by Gasteiger charge is -2.03. The minimum Gasteiger partial charge on any atom is -0.507 e. The van der Waals surface area contributed by atoms with Crippen LogP contribution in [0.2, 0.25) is 0 Å². The molecule has 0 radical (unpaired) electrons. The minimum atomic E-state index is 0.136. The van der Waals surface area contributed by atoms with Crippen LogP contribution in [0.3, 0.4) is 0 Å². The van der Waals surface area contributed by atoms with Crippen LogP contribution >= 0.6 is 11.3 Å². The molecule has 92 valence electrons. The van der Waals surface area contributed by atoms with Gasteiger partial charge in [0.1, 0.15) is 11.5 Å². The number of aromatic hydroxyl groups is 1. The van der Waals surface area contributed by atoms with Crippen LogP contribution < -0.4 is 4.74 Å². The molecule has 18 heavy (non-hydrogen) atoms. The minimum absolute atomic E-state index is 0.136. The van der Waals surface area contributed by atoms with Crippen molar-refractivity contribution in [2.75, 3.05) is 7.11 Å². The predicted octanol–water partition coefficient (Wildman–Crippen LogP) is 1.88. The van der Waals surface area contributed by atoms with E-state index in [1.807, 2.05) is 6.92 Å². The van der Waals surface area contributed by atoms with Crippen LogP contribution in [-0.4, -0.2) is 32.0 Å². The van der Waals surface area contributed by atoms with E-state index in [-0.39, 0.29) is 5.75 Å². The van der Waals surface area contributed by atoms with Gasteiger partial charge < -0.3 is 9.84 Å². The summed E-state index contributed by atoms with van der Waals surface area (Å²) in [6, 6.07) is 5.12. The van der Waals surface area contributed by atoms with Crippen molar-refractivity contribution in [1.82, 2.24) is 19.8 Å². The molecule has 0 bridgehead atoms. The molecule has 3 aromatic rings. The Hall–Kier alpha value is -2.15. The monoisotopic (exact) mass is 262 g/mol. The molecule has 2 aromatic heterocycles. The van der Waals surface area contributed by atoms with Crippen LogP contribution in [0.15, 0.2) is 18.2 Å². The number of rotatable bonds is 2. The van der Waals surface area contributed by atoms with Gasteiger partial charge in [0.05, 0.1) is 12.7 Å². The van der Waals surface area contributed by atoms with Gasteiger partial charge in [-0.25, -0.2) is 0 Å². The van der Waals surface area contributed by atoms with Gasteiger partial charge in [-0.2, -0.15) is 9.61 Å². The summed E-state index contributed by atoms with van der Waals surface area (Å²) in [5.74, 6) is 1.47. The van der Waals surface area contributed by atoms with Crippen molar-refractivity contribution >= 4 is 16.3 Å². The van der Waals surface area contributed by atoms with Crippen molar-refractivity contribution in [1.29, 1.82) is 0 Å². The highest BCUT2D eigenvalue weighted by molar-refractivity contribution is 7.19. The lowest BCUT2D eigenvalue weighted by atomic mass is 10.2. The smallest absolute Gasteiger partial charge is 0.234 e. The number of nitrogens with zero attached hydrogens (tertiary/aromatic N) is 4. The third kappa shape index (κ3) is 1.60. The highest BCUT2D eigenvalue weighted by Gasteiger charge is 2.13. The molecule has 0 aliphatic rings. The molecule has 0 atom stereocenters. The first-order chi connectivity index (χ1) is 8.69. The number of aryl methyl sites for hydroxylation is 1. The molecular formula is C11H10N4O2S. The van der Waals surface area contributed by atoms with Crippen molar-refractivity contribution in [3.63, 3.8) is 0 Å². The summed E-state index contributed by atoms with van der Waals surface area (Å²) < 4.78 is 6.70. The molecule has 6 nitrogen and oxygen atoms in total. The number of hydrogen-bond acceptors (Lipinski definition) is 6. The highest BCUT2D eigenvalue weighted by atomic mass is 32.1. The van der Waals surface area contributed by atoms with E-state index in [1.165, 1.54) is 11.3 Å². The summed E-state index contributed by atoms with van der Waals surface area (Å²) >= 11 is 1.38. The number of methoxy groups -OCH3 is 1. The fourth-order valence-corrected chi connectivity index (χ4v) is 2.56. The summed E-state index contributed by atoms with van der Waals surface area (Å²) in [4.78, 5) is 0.706. The molecule has 0 saturated carbocycles. The van der Waals surface area contributed by atoms with Gasteiger partial charge in [-0.05, 0) is 19.1 Å². The zero-order valence-corrected chi connectivity index (χ0v) is 10.6. The van der Waals surface area contributed by atoms with E-state index >= 15 is 0 Å². The second-order valence-corrected chi connectivity index (χ2v) is 4.69. The summed E-state index contributed by atoms with van der Waals surface area (Å²) in [5.41, 5.74) is 0.658. The van der Waals surface area contributed by atoms with Crippen LogP contribution in [0, 0.1) is 6.92 Å². The SMILES string of the molecule is COc1ccc(-c2nn3c(C)nnc3s2)c(O)c1. The Kier molecular flexibility index (Phi) is 2.41. The molecular weight excluding hydrogens is 252 g/mol. The van der Waals surface area contributed by atoms with Crippen molar-refractivity contribution in [3.05, 3.63) is 24.0 Å². The Bertz CT molecular complexity index is 719. The summed E-state index contributed by atoms with van der Waals surface area (Å²) in [7, 11) is 1.56. The second-order valence-electron chi connectivity index (χ2n) is 3.73. The topological polar surface area (TPSA) is 72.5 Å². The van der Waals surface area contributed by atoms with Crippen LogP contribution in [-0.2, 0) is 0 Å². The Morgan fingerprint density at radius 1 is 1.33 bits per heavy atom. The van der Waals surface area contributed by atoms with E-state index in [9.17, 15) is 5.11 Å². The summed E-state index contributed by atoms with van der Waals surface area (Å²) in [6.07, 6.45) is 0. The van der Waals surface area contributed by atoms with Crippen molar-refractivity contribution in [2.24, 2.45) is 0 Å². The number of fused-ring (bicyclic) bond motifs is 1. The van der Waals surface area contributed by atoms with Gasteiger partial charge in [0, 0.05) is 6.07 Å². The van der Waals surface area contributed by atoms with Crippen molar-refractivity contribution in [2.45, 2.75) is 6.92 Å². The largest absolute Gasteiger partial charge is 0.507 e. The van der Waals surface area contributed by atoms with E-state index in [0.29, 0.717) is 21.3 Å². The van der Waals surface area contributed by atoms with Gasteiger partial charge in [-0.15, -0.1) is 10.2 Å². The third-order valence-corrected chi connectivity index (χ3v) is 3.51. The molecule has 1 aromatic carbocycles. The molecule has 0 aliphatic carbocycles. The predicted molar refractivity (Wildman–Crippen MR) is 67.0 cm³/mol. The first kappa shape index (κ1) is 11.0. The Balaban J connectivity index is 2.13. The Labute approximate surface area is 106 Å². The van der Waals surface area contributed by atoms with Crippen molar-refractivity contribution < 1.29 is 9.84 Å². The molecule has 0 aliphatic heterocycles. The second kappa shape index (κ2) is 3.95. The third-order valence-electron chi connectivity index (χ3n) is 2.58. The van der Waals surface area contributed by atoms with Gasteiger partial charge in [-0.3, -0.25) is 0 Å². The zero-order chi connectivity index (χ0) is 12.7. The molecule has 0 unspecified atom stereocenters. The number of ether oxygens (including phenoxy) is 1. The molecule has 0 spiro atoms. The van der Waals surface area contributed by atoms with E-state index < -0.39 is 0 Å². The van der Waals surface area contributed by atoms with Gasteiger partial charge in [0.2, 0.25) is 4.96 Å². The lowest BCUT2D eigenvalue weighted by Crippen LogP contribution is -1.89. The van der Waals surface area contributed by atoms with Gasteiger partial charge in [-0.1, -0.05) is 11.3 Å². The Morgan fingerprint density at radius 3 is 2.83 bits per heavy atom. The zero-order valence-electron chi connectivity index (χ0n) is 9.78. The lowest BCUT2D eigenvalue weighted by molar-refractivity contribution is 0.408. The maximum atomic E-state index is 9.95. The molecule has 0 saturated heterocycles. The standard InChI is InChI=1S/C11H10N4O2S/c1-6-12-13-11-15(6)14-10(18-11)8-4-3-7(17-2)5-9(8)16/h3-5,16H,1-2H3. The quantitative estimate of drug-likeness (QED) is 0.763. The fourth-order valence-electron chi connectivity index (χ4n) is 1.64.